The fraction of sp³-hybridized carbons (Fsp3) is 0.562. The number of carbonyl (C=O) groups excluding carboxylic acids is 1. The third kappa shape index (κ3) is 4.43. The van der Waals surface area contributed by atoms with Crippen molar-refractivity contribution in [1.29, 1.82) is 0 Å². The van der Waals surface area contributed by atoms with Gasteiger partial charge in [0.15, 0.2) is 0 Å². The van der Waals surface area contributed by atoms with E-state index < -0.39 is 0 Å². The van der Waals surface area contributed by atoms with Gasteiger partial charge < -0.3 is 15.5 Å². The van der Waals surface area contributed by atoms with Crippen molar-refractivity contribution in [2.45, 2.75) is 45.8 Å². The van der Waals surface area contributed by atoms with Gasteiger partial charge in [-0.1, -0.05) is 19.9 Å². The maximum atomic E-state index is 14.3. The maximum Gasteiger partial charge on any atom is 0.217 e. The van der Waals surface area contributed by atoms with E-state index in [4.69, 9.17) is 0 Å². The van der Waals surface area contributed by atoms with Crippen LogP contribution in [0, 0.1) is 5.82 Å². The van der Waals surface area contributed by atoms with E-state index in [-0.39, 0.29) is 17.8 Å². The quantitative estimate of drug-likeness (QED) is 0.873. The van der Waals surface area contributed by atoms with Gasteiger partial charge in [0, 0.05) is 38.6 Å². The number of hydrogen-bond acceptors (Lipinski definition) is 3. The van der Waals surface area contributed by atoms with Gasteiger partial charge in [-0.2, -0.15) is 0 Å². The van der Waals surface area contributed by atoms with Crippen molar-refractivity contribution in [3.63, 3.8) is 0 Å². The summed E-state index contributed by atoms with van der Waals surface area (Å²) in [7, 11) is 0. The Morgan fingerprint density at radius 1 is 1.48 bits per heavy atom. The van der Waals surface area contributed by atoms with Crippen LogP contribution in [-0.2, 0) is 11.3 Å². The van der Waals surface area contributed by atoms with Gasteiger partial charge in [-0.15, -0.1) is 0 Å². The predicted octanol–water partition coefficient (Wildman–Crippen LogP) is 2.04. The van der Waals surface area contributed by atoms with E-state index >= 15 is 0 Å². The summed E-state index contributed by atoms with van der Waals surface area (Å²) in [4.78, 5) is 13.1. The number of benzene rings is 1. The summed E-state index contributed by atoms with van der Waals surface area (Å²) in [6, 6.07) is 5.88. The Kier molecular flexibility index (Phi) is 5.17. The summed E-state index contributed by atoms with van der Waals surface area (Å²) in [6.07, 6.45) is 0.857. The third-order valence-corrected chi connectivity index (χ3v) is 3.66. The van der Waals surface area contributed by atoms with Crippen LogP contribution in [0.3, 0.4) is 0 Å². The van der Waals surface area contributed by atoms with E-state index in [0.717, 1.165) is 18.5 Å². The molecule has 1 aromatic rings. The minimum absolute atomic E-state index is 0.0302. The predicted molar refractivity (Wildman–Crippen MR) is 82.8 cm³/mol. The summed E-state index contributed by atoms with van der Waals surface area (Å²) < 4.78 is 14.3. The van der Waals surface area contributed by atoms with Gasteiger partial charge in [0.1, 0.15) is 5.82 Å². The zero-order chi connectivity index (χ0) is 15.4. The molecule has 4 nitrogen and oxygen atoms in total. The van der Waals surface area contributed by atoms with Crippen molar-refractivity contribution in [2.24, 2.45) is 0 Å². The van der Waals surface area contributed by atoms with E-state index in [1.807, 2.05) is 17.0 Å². The first kappa shape index (κ1) is 15.8. The second-order valence-corrected chi connectivity index (χ2v) is 5.95. The molecule has 21 heavy (non-hydrogen) atoms. The highest BCUT2D eigenvalue weighted by molar-refractivity contribution is 5.73. The van der Waals surface area contributed by atoms with Crippen LogP contribution in [0.15, 0.2) is 18.2 Å². The molecule has 1 aromatic carbocycles. The van der Waals surface area contributed by atoms with Gasteiger partial charge in [0.05, 0.1) is 5.69 Å². The second-order valence-electron chi connectivity index (χ2n) is 5.95. The minimum Gasteiger partial charge on any atom is -0.367 e. The number of nitrogens with one attached hydrogen (secondary N) is 2. The molecule has 1 aliphatic heterocycles. The number of halogens is 1. The van der Waals surface area contributed by atoms with Crippen LogP contribution in [-0.4, -0.2) is 31.1 Å². The topological polar surface area (TPSA) is 44.4 Å². The van der Waals surface area contributed by atoms with Gasteiger partial charge in [0.2, 0.25) is 5.91 Å². The van der Waals surface area contributed by atoms with Crippen molar-refractivity contribution in [2.75, 3.05) is 18.0 Å². The molecule has 1 amide bonds. The van der Waals surface area contributed by atoms with E-state index in [2.05, 4.69) is 24.5 Å². The molecule has 5 heteroatoms. The van der Waals surface area contributed by atoms with Crippen LogP contribution >= 0.6 is 0 Å². The molecule has 0 aromatic heterocycles. The summed E-state index contributed by atoms with van der Waals surface area (Å²) in [5.41, 5.74) is 1.57. The molecule has 116 valence electrons. The molecule has 1 heterocycles. The Labute approximate surface area is 125 Å². The van der Waals surface area contributed by atoms with E-state index in [1.165, 1.54) is 6.92 Å². The molecule has 1 atom stereocenters. The molecule has 2 N–H and O–H groups in total. The highest BCUT2D eigenvalue weighted by atomic mass is 19.1. The van der Waals surface area contributed by atoms with Crippen LogP contribution in [0.1, 0.15) is 32.8 Å². The SMILES string of the molecule is CC(=O)NC1CCN(c2ccc(CNC(C)C)cc2F)C1. The molecule has 0 bridgehead atoms. The number of anilines is 1. The first-order valence-electron chi connectivity index (χ1n) is 7.49. The van der Waals surface area contributed by atoms with Crippen LogP contribution in [0.2, 0.25) is 0 Å². The minimum atomic E-state index is -0.193. The molecule has 0 radical (unpaired) electrons. The molecule has 1 aliphatic rings. The number of amides is 1. The number of carbonyl (C=O) groups is 1. The monoisotopic (exact) mass is 293 g/mol. The molecule has 1 unspecified atom stereocenters. The van der Waals surface area contributed by atoms with Crippen LogP contribution in [0.25, 0.3) is 0 Å². The van der Waals surface area contributed by atoms with Gasteiger partial charge in [0.25, 0.3) is 0 Å². The fourth-order valence-electron chi connectivity index (χ4n) is 2.62. The van der Waals surface area contributed by atoms with Crippen molar-refractivity contribution in [3.8, 4) is 0 Å². The van der Waals surface area contributed by atoms with Crippen molar-refractivity contribution < 1.29 is 9.18 Å². The number of nitrogens with zero attached hydrogens (tertiary/aromatic N) is 1. The molecular weight excluding hydrogens is 269 g/mol. The summed E-state index contributed by atoms with van der Waals surface area (Å²) in [5, 5.41) is 6.17. The lowest BCUT2D eigenvalue weighted by Gasteiger charge is -2.20. The molecular formula is C16H24FN3O. The summed E-state index contributed by atoms with van der Waals surface area (Å²) in [5.74, 6) is -0.223. The smallest absolute Gasteiger partial charge is 0.217 e. The Morgan fingerprint density at radius 2 is 2.24 bits per heavy atom. The standard InChI is InChI=1S/C16H24FN3O/c1-11(2)18-9-13-4-5-16(15(17)8-13)20-7-6-14(10-20)19-12(3)21/h4-5,8,11,14,18H,6-7,9-10H2,1-3H3,(H,19,21). The molecule has 0 saturated carbocycles. The van der Waals surface area contributed by atoms with Crippen molar-refractivity contribution >= 4 is 11.6 Å². The number of rotatable bonds is 5. The van der Waals surface area contributed by atoms with E-state index in [1.54, 1.807) is 6.07 Å². The number of hydrogen-bond donors (Lipinski definition) is 2. The van der Waals surface area contributed by atoms with Crippen LogP contribution in [0.5, 0.6) is 0 Å². The van der Waals surface area contributed by atoms with Gasteiger partial charge >= 0.3 is 0 Å². The lowest BCUT2D eigenvalue weighted by Crippen LogP contribution is -2.35. The Hall–Kier alpha value is -1.62. The fourth-order valence-corrected chi connectivity index (χ4v) is 2.62. The second kappa shape index (κ2) is 6.89. The van der Waals surface area contributed by atoms with E-state index in [9.17, 15) is 9.18 Å². The Morgan fingerprint density at radius 3 is 2.86 bits per heavy atom. The zero-order valence-electron chi connectivity index (χ0n) is 12.9. The summed E-state index contributed by atoms with van der Waals surface area (Å²) >= 11 is 0. The molecule has 1 fully saturated rings. The third-order valence-electron chi connectivity index (χ3n) is 3.66. The van der Waals surface area contributed by atoms with Gasteiger partial charge in [-0.05, 0) is 24.1 Å². The normalized spacial score (nSPS) is 18.3. The average Bonchev–Trinajstić information content (AvgIpc) is 2.83. The van der Waals surface area contributed by atoms with Gasteiger partial charge in [-0.3, -0.25) is 4.79 Å². The highest BCUT2D eigenvalue weighted by Crippen LogP contribution is 2.24. The first-order chi connectivity index (χ1) is 9.95. The Bertz CT molecular complexity index is 504. The summed E-state index contributed by atoms with van der Waals surface area (Å²) in [6.45, 7) is 7.75. The van der Waals surface area contributed by atoms with Crippen molar-refractivity contribution in [3.05, 3.63) is 29.6 Å². The lowest BCUT2D eigenvalue weighted by molar-refractivity contribution is -0.119. The largest absolute Gasteiger partial charge is 0.367 e. The maximum absolute atomic E-state index is 14.3. The average molecular weight is 293 g/mol. The zero-order valence-corrected chi connectivity index (χ0v) is 12.9. The molecule has 1 saturated heterocycles. The molecule has 0 spiro atoms. The first-order valence-corrected chi connectivity index (χ1v) is 7.49. The van der Waals surface area contributed by atoms with Crippen LogP contribution in [0.4, 0.5) is 10.1 Å². The Balaban J connectivity index is 1.99. The van der Waals surface area contributed by atoms with Gasteiger partial charge in [-0.25, -0.2) is 4.39 Å². The molecule has 2 rings (SSSR count). The highest BCUT2D eigenvalue weighted by Gasteiger charge is 2.24. The lowest BCUT2D eigenvalue weighted by atomic mass is 10.1. The van der Waals surface area contributed by atoms with Crippen LogP contribution < -0.4 is 15.5 Å². The molecule has 0 aliphatic carbocycles. The van der Waals surface area contributed by atoms with Crippen molar-refractivity contribution in [1.82, 2.24) is 10.6 Å². The van der Waals surface area contributed by atoms with E-state index in [0.29, 0.717) is 24.8 Å².